The molecule has 2 rings (SSSR count). The van der Waals surface area contributed by atoms with Gasteiger partial charge >= 0.3 is 0 Å². The zero-order valence-electron chi connectivity index (χ0n) is 9.13. The average molecular weight is 215 g/mol. The highest BCUT2D eigenvalue weighted by Gasteiger charge is 2.06. The van der Waals surface area contributed by atoms with Gasteiger partial charge < -0.3 is 0 Å². The molecule has 4 nitrogen and oxygen atoms in total. The first-order valence-electron chi connectivity index (χ1n) is 5.12. The first-order valence-corrected chi connectivity index (χ1v) is 5.12. The van der Waals surface area contributed by atoms with Gasteiger partial charge in [0.1, 0.15) is 5.78 Å². The molecular formula is C12H13N3O. The smallest absolute Gasteiger partial charge is 0.141 e. The van der Waals surface area contributed by atoms with Crippen molar-refractivity contribution in [1.82, 2.24) is 14.8 Å². The van der Waals surface area contributed by atoms with Gasteiger partial charge in [0.15, 0.2) is 0 Å². The minimum Gasteiger partial charge on any atom is -0.299 e. The van der Waals surface area contributed by atoms with Gasteiger partial charge in [0.05, 0.1) is 6.20 Å². The molecule has 0 bridgehead atoms. The van der Waals surface area contributed by atoms with Gasteiger partial charge in [-0.15, -0.1) is 0 Å². The molecule has 0 radical (unpaired) electrons. The fraction of sp³-hybridized carbons (Fsp3) is 0.250. The maximum Gasteiger partial charge on any atom is 0.141 e. The molecule has 0 aliphatic rings. The summed E-state index contributed by atoms with van der Waals surface area (Å²) < 4.78 is 1.70. The summed E-state index contributed by atoms with van der Waals surface area (Å²) >= 11 is 0. The Bertz CT molecular complexity index is 476. The van der Waals surface area contributed by atoms with Crippen LogP contribution >= 0.6 is 0 Å². The first kappa shape index (κ1) is 10.5. The van der Waals surface area contributed by atoms with Crippen LogP contribution in [-0.2, 0) is 24.7 Å². The summed E-state index contributed by atoms with van der Waals surface area (Å²) in [7, 11) is 1.84. The van der Waals surface area contributed by atoms with Gasteiger partial charge in [-0.3, -0.25) is 14.5 Å². The number of hydrogen-bond donors (Lipinski definition) is 0. The number of aromatic nitrogens is 3. The third kappa shape index (κ3) is 2.76. The number of carbonyl (C=O) groups excluding carboxylic acids is 1. The monoisotopic (exact) mass is 215 g/mol. The predicted molar refractivity (Wildman–Crippen MR) is 59.9 cm³/mol. The van der Waals surface area contributed by atoms with Crippen LogP contribution in [0.4, 0.5) is 0 Å². The molecule has 2 aromatic rings. The van der Waals surface area contributed by atoms with E-state index in [1.165, 1.54) is 0 Å². The van der Waals surface area contributed by atoms with Crippen molar-refractivity contribution in [3.8, 4) is 0 Å². The zero-order chi connectivity index (χ0) is 11.4. The van der Waals surface area contributed by atoms with Crippen molar-refractivity contribution >= 4 is 5.78 Å². The average Bonchev–Trinajstić information content (AvgIpc) is 2.65. The summed E-state index contributed by atoms with van der Waals surface area (Å²) in [6.07, 6.45) is 7.89. The van der Waals surface area contributed by atoms with E-state index in [0.29, 0.717) is 12.8 Å². The van der Waals surface area contributed by atoms with E-state index in [4.69, 9.17) is 0 Å². The summed E-state index contributed by atoms with van der Waals surface area (Å²) in [5.74, 6) is 0.194. The van der Waals surface area contributed by atoms with E-state index < -0.39 is 0 Å². The molecule has 0 aromatic carbocycles. The summed E-state index contributed by atoms with van der Waals surface area (Å²) in [6, 6.07) is 3.72. The lowest BCUT2D eigenvalue weighted by atomic mass is 10.1. The second kappa shape index (κ2) is 4.70. The van der Waals surface area contributed by atoms with Gasteiger partial charge in [0.2, 0.25) is 0 Å². The Morgan fingerprint density at radius 3 is 2.56 bits per heavy atom. The lowest BCUT2D eigenvalue weighted by molar-refractivity contribution is -0.117. The van der Waals surface area contributed by atoms with Gasteiger partial charge in [0.25, 0.3) is 0 Å². The molecule has 0 atom stereocenters. The molecule has 0 amide bonds. The van der Waals surface area contributed by atoms with Crippen LogP contribution in [0.5, 0.6) is 0 Å². The fourth-order valence-electron chi connectivity index (χ4n) is 1.58. The molecular weight excluding hydrogens is 202 g/mol. The maximum absolute atomic E-state index is 11.7. The molecule has 0 unspecified atom stereocenters. The van der Waals surface area contributed by atoms with Crippen LogP contribution in [0.15, 0.2) is 36.9 Å². The van der Waals surface area contributed by atoms with E-state index in [-0.39, 0.29) is 5.78 Å². The standard InChI is InChI=1S/C12H13N3O/c1-15-9-11(8-14-15)7-12(16)6-10-2-4-13-5-3-10/h2-5,8-9H,6-7H2,1H3. The Hall–Kier alpha value is -1.97. The van der Waals surface area contributed by atoms with Crippen molar-refractivity contribution in [3.63, 3.8) is 0 Å². The number of pyridine rings is 1. The zero-order valence-corrected chi connectivity index (χ0v) is 9.13. The van der Waals surface area contributed by atoms with Crippen LogP contribution in [-0.4, -0.2) is 20.5 Å². The van der Waals surface area contributed by atoms with Gasteiger partial charge in [-0.25, -0.2) is 0 Å². The second-order valence-corrected chi connectivity index (χ2v) is 3.77. The van der Waals surface area contributed by atoms with E-state index in [0.717, 1.165) is 11.1 Å². The summed E-state index contributed by atoms with van der Waals surface area (Å²) in [6.45, 7) is 0. The Kier molecular flexibility index (Phi) is 3.10. The Morgan fingerprint density at radius 1 is 1.25 bits per heavy atom. The summed E-state index contributed by atoms with van der Waals surface area (Å²) in [5.41, 5.74) is 1.96. The van der Waals surface area contributed by atoms with E-state index in [9.17, 15) is 4.79 Å². The number of Topliss-reactive ketones (excluding diaryl/α,β-unsaturated/α-hetero) is 1. The van der Waals surface area contributed by atoms with Crippen LogP contribution < -0.4 is 0 Å². The third-order valence-corrected chi connectivity index (χ3v) is 2.31. The topological polar surface area (TPSA) is 47.8 Å². The molecule has 4 heteroatoms. The highest BCUT2D eigenvalue weighted by atomic mass is 16.1. The van der Waals surface area contributed by atoms with Crippen molar-refractivity contribution in [2.45, 2.75) is 12.8 Å². The molecule has 0 aliphatic heterocycles. The number of nitrogens with zero attached hydrogens (tertiary/aromatic N) is 3. The molecule has 0 N–H and O–H groups in total. The van der Waals surface area contributed by atoms with Crippen LogP contribution in [0.2, 0.25) is 0 Å². The van der Waals surface area contributed by atoms with Gasteiger partial charge in [-0.2, -0.15) is 5.10 Å². The second-order valence-electron chi connectivity index (χ2n) is 3.77. The van der Waals surface area contributed by atoms with Crippen LogP contribution in [0.25, 0.3) is 0 Å². The summed E-state index contributed by atoms with van der Waals surface area (Å²) in [4.78, 5) is 15.6. The summed E-state index contributed by atoms with van der Waals surface area (Å²) in [5, 5.41) is 4.03. The number of hydrogen-bond acceptors (Lipinski definition) is 3. The minimum absolute atomic E-state index is 0.194. The Balaban J connectivity index is 1.95. The molecule has 82 valence electrons. The molecule has 2 heterocycles. The van der Waals surface area contributed by atoms with E-state index in [1.54, 1.807) is 23.3 Å². The number of ketones is 1. The van der Waals surface area contributed by atoms with Crippen molar-refractivity contribution in [2.24, 2.45) is 7.05 Å². The lowest BCUT2D eigenvalue weighted by Crippen LogP contribution is -2.06. The number of rotatable bonds is 4. The number of carbonyl (C=O) groups is 1. The van der Waals surface area contributed by atoms with Crippen LogP contribution in [0.3, 0.4) is 0 Å². The highest BCUT2D eigenvalue weighted by Crippen LogP contribution is 2.03. The largest absolute Gasteiger partial charge is 0.299 e. The minimum atomic E-state index is 0.194. The van der Waals surface area contributed by atoms with Gasteiger partial charge in [0, 0.05) is 38.5 Å². The van der Waals surface area contributed by atoms with Crippen molar-refractivity contribution in [2.75, 3.05) is 0 Å². The predicted octanol–water partition coefficient (Wildman–Crippen LogP) is 1.17. The van der Waals surface area contributed by atoms with E-state index in [1.807, 2.05) is 25.4 Å². The van der Waals surface area contributed by atoms with Crippen molar-refractivity contribution in [3.05, 3.63) is 48.0 Å². The Labute approximate surface area is 93.9 Å². The molecule has 2 aromatic heterocycles. The molecule has 16 heavy (non-hydrogen) atoms. The highest BCUT2D eigenvalue weighted by molar-refractivity contribution is 5.82. The van der Waals surface area contributed by atoms with Gasteiger partial charge in [-0.1, -0.05) is 0 Å². The quantitative estimate of drug-likeness (QED) is 0.769. The Morgan fingerprint density at radius 2 is 1.94 bits per heavy atom. The molecule has 0 saturated carbocycles. The van der Waals surface area contributed by atoms with Crippen LogP contribution in [0.1, 0.15) is 11.1 Å². The van der Waals surface area contributed by atoms with Crippen molar-refractivity contribution < 1.29 is 4.79 Å². The fourth-order valence-corrected chi connectivity index (χ4v) is 1.58. The maximum atomic E-state index is 11.7. The van der Waals surface area contributed by atoms with Gasteiger partial charge in [-0.05, 0) is 23.3 Å². The van der Waals surface area contributed by atoms with E-state index in [2.05, 4.69) is 10.1 Å². The number of aryl methyl sites for hydroxylation is 1. The van der Waals surface area contributed by atoms with Crippen LogP contribution in [0, 0.1) is 0 Å². The molecule has 0 saturated heterocycles. The molecule has 0 spiro atoms. The van der Waals surface area contributed by atoms with E-state index >= 15 is 0 Å². The normalized spacial score (nSPS) is 10.3. The SMILES string of the molecule is Cn1cc(CC(=O)Cc2ccncc2)cn1. The van der Waals surface area contributed by atoms with Crippen molar-refractivity contribution in [1.29, 1.82) is 0 Å². The first-order chi connectivity index (χ1) is 7.74. The third-order valence-electron chi connectivity index (χ3n) is 2.31. The molecule has 0 fully saturated rings. The lowest BCUT2D eigenvalue weighted by Gasteiger charge is -1.98. The molecule has 0 aliphatic carbocycles.